The minimum absolute atomic E-state index is 0.146. The van der Waals surface area contributed by atoms with E-state index in [0.29, 0.717) is 37.1 Å². The lowest BCUT2D eigenvalue weighted by atomic mass is 9.92. The summed E-state index contributed by atoms with van der Waals surface area (Å²) in [6, 6.07) is 12.6. The summed E-state index contributed by atoms with van der Waals surface area (Å²) in [7, 11) is 0. The van der Waals surface area contributed by atoms with Crippen LogP contribution in [0.5, 0.6) is 0 Å². The molecule has 1 saturated heterocycles. The molecular weight excluding hydrogens is 418 g/mol. The number of carbonyl (C=O) groups excluding carboxylic acids is 2. The van der Waals surface area contributed by atoms with Crippen molar-refractivity contribution in [2.24, 2.45) is 0 Å². The zero-order valence-electron chi connectivity index (χ0n) is 17.1. The van der Waals surface area contributed by atoms with Gasteiger partial charge in [-0.25, -0.2) is 13.1 Å². The van der Waals surface area contributed by atoms with Crippen LogP contribution in [-0.2, 0) is 11.2 Å². The molecule has 0 unspecified atom stereocenters. The van der Waals surface area contributed by atoms with Crippen LogP contribution in [0.25, 0.3) is 10.8 Å². The van der Waals surface area contributed by atoms with Crippen molar-refractivity contribution in [1.29, 1.82) is 0 Å². The van der Waals surface area contributed by atoms with Crippen LogP contribution in [0.2, 0.25) is 0 Å². The van der Waals surface area contributed by atoms with Crippen LogP contribution >= 0.6 is 11.9 Å². The van der Waals surface area contributed by atoms with Gasteiger partial charge in [0.15, 0.2) is 0 Å². The number of carbonyl (C=O) groups is 2. The first-order chi connectivity index (χ1) is 15.0. The molecule has 0 N–H and O–H groups in total. The number of fused-ring (bicyclic) bond motifs is 1. The number of nitrogens with zero attached hydrogens (tertiary/aromatic N) is 2. The van der Waals surface area contributed by atoms with Crippen molar-refractivity contribution in [2.45, 2.75) is 18.2 Å². The average molecular weight is 441 g/mol. The fourth-order valence-corrected chi connectivity index (χ4v) is 4.79. The summed E-state index contributed by atoms with van der Waals surface area (Å²) >= 11 is 1.54. The van der Waals surface area contributed by atoms with Crippen LogP contribution in [0.1, 0.15) is 21.5 Å². The Labute approximate surface area is 184 Å². The number of amides is 1. The molecule has 1 aliphatic heterocycles. The summed E-state index contributed by atoms with van der Waals surface area (Å²) in [6.45, 7) is 4.19. The van der Waals surface area contributed by atoms with Gasteiger partial charge in [0.2, 0.25) is 0 Å². The molecule has 3 aromatic rings. The molecule has 1 aliphatic rings. The van der Waals surface area contributed by atoms with Crippen LogP contribution in [0.4, 0.5) is 8.78 Å². The van der Waals surface area contributed by atoms with Gasteiger partial charge in [-0.15, -0.1) is 0 Å². The number of halogens is 2. The molecule has 0 radical (unpaired) electrons. The largest absolute Gasteiger partial charge is 0.336 e. The summed E-state index contributed by atoms with van der Waals surface area (Å²) < 4.78 is 29.2. The Morgan fingerprint density at radius 1 is 1.00 bits per heavy atom. The van der Waals surface area contributed by atoms with E-state index in [1.54, 1.807) is 23.1 Å². The number of benzene rings is 3. The van der Waals surface area contributed by atoms with Crippen molar-refractivity contribution >= 4 is 34.9 Å². The molecule has 3 aromatic carbocycles. The molecule has 0 aliphatic carbocycles. The van der Waals surface area contributed by atoms with E-state index in [9.17, 15) is 18.4 Å². The van der Waals surface area contributed by atoms with Gasteiger partial charge in [-0.1, -0.05) is 12.1 Å². The predicted molar refractivity (Wildman–Crippen MR) is 118 cm³/mol. The second-order valence-corrected chi connectivity index (χ2v) is 8.71. The molecule has 0 saturated carbocycles. The summed E-state index contributed by atoms with van der Waals surface area (Å²) in [5, 5.41) is 1.32. The van der Waals surface area contributed by atoms with Crippen LogP contribution in [0, 0.1) is 18.6 Å². The maximum absolute atomic E-state index is 14.0. The number of rotatable bonds is 5. The van der Waals surface area contributed by atoms with E-state index in [0.717, 1.165) is 27.7 Å². The van der Waals surface area contributed by atoms with E-state index in [4.69, 9.17) is 0 Å². The van der Waals surface area contributed by atoms with E-state index in [2.05, 4.69) is 4.31 Å². The van der Waals surface area contributed by atoms with Gasteiger partial charge in [-0.3, -0.25) is 4.79 Å². The summed E-state index contributed by atoms with van der Waals surface area (Å²) in [5.41, 5.74) is 1.97. The molecule has 0 bridgehead atoms. The average Bonchev–Trinajstić information content (AvgIpc) is 2.76. The normalized spacial score (nSPS) is 14.7. The highest BCUT2D eigenvalue weighted by Gasteiger charge is 2.26. The standard InChI is InChI=1S/C24H22F2N2O2S/c1-16-17(8-13-29)14-18-2-3-20(26)15-22(18)23(16)24(30)27-9-11-28(12-10-27)31-21-6-4-19(25)5-7-21/h2-7,13-15H,8-12H2,1H3. The van der Waals surface area contributed by atoms with Crippen molar-refractivity contribution in [3.63, 3.8) is 0 Å². The molecule has 0 atom stereocenters. The van der Waals surface area contributed by atoms with Crippen molar-refractivity contribution < 1.29 is 18.4 Å². The minimum atomic E-state index is -0.399. The van der Waals surface area contributed by atoms with Crippen LogP contribution in [-0.4, -0.2) is 47.6 Å². The Bertz CT molecular complexity index is 1130. The van der Waals surface area contributed by atoms with Gasteiger partial charge in [0.1, 0.15) is 17.9 Å². The number of aldehydes is 1. The molecule has 1 amide bonds. The summed E-state index contributed by atoms with van der Waals surface area (Å²) in [4.78, 5) is 27.3. The monoisotopic (exact) mass is 440 g/mol. The highest BCUT2D eigenvalue weighted by molar-refractivity contribution is 7.97. The van der Waals surface area contributed by atoms with E-state index in [-0.39, 0.29) is 18.1 Å². The first-order valence-corrected chi connectivity index (χ1v) is 10.9. The highest BCUT2D eigenvalue weighted by Crippen LogP contribution is 2.29. The Morgan fingerprint density at radius 2 is 1.68 bits per heavy atom. The zero-order chi connectivity index (χ0) is 22.0. The third kappa shape index (κ3) is 4.62. The van der Waals surface area contributed by atoms with Crippen LogP contribution < -0.4 is 0 Å². The van der Waals surface area contributed by atoms with Crippen molar-refractivity contribution in [3.8, 4) is 0 Å². The van der Waals surface area contributed by atoms with Gasteiger partial charge in [0.05, 0.1) is 5.56 Å². The third-order valence-corrected chi connectivity index (χ3v) is 6.67. The predicted octanol–water partition coefficient (Wildman–Crippen LogP) is 4.63. The number of hydrogen-bond donors (Lipinski definition) is 0. The fourth-order valence-electron chi connectivity index (χ4n) is 3.89. The number of piperazine rings is 1. The lowest BCUT2D eigenvalue weighted by molar-refractivity contribution is -0.107. The fraction of sp³-hybridized carbons (Fsp3) is 0.250. The van der Waals surface area contributed by atoms with Gasteiger partial charge >= 0.3 is 0 Å². The van der Waals surface area contributed by atoms with Crippen molar-refractivity contribution in [1.82, 2.24) is 9.21 Å². The van der Waals surface area contributed by atoms with Gasteiger partial charge in [-0.2, -0.15) is 0 Å². The van der Waals surface area contributed by atoms with Gasteiger partial charge < -0.3 is 9.69 Å². The molecule has 0 aromatic heterocycles. The zero-order valence-corrected chi connectivity index (χ0v) is 17.9. The van der Waals surface area contributed by atoms with Crippen LogP contribution in [0.3, 0.4) is 0 Å². The lowest BCUT2D eigenvalue weighted by Gasteiger charge is -2.34. The first kappa shape index (κ1) is 21.5. The topological polar surface area (TPSA) is 40.6 Å². The summed E-state index contributed by atoms with van der Waals surface area (Å²) in [5.74, 6) is -0.813. The SMILES string of the molecule is Cc1c(CC=O)cc2ccc(F)cc2c1C(=O)N1CCN(Sc2ccc(F)cc2)CC1. The van der Waals surface area contributed by atoms with Crippen molar-refractivity contribution in [2.75, 3.05) is 26.2 Å². The van der Waals surface area contributed by atoms with Gasteiger partial charge in [-0.05, 0) is 77.2 Å². The minimum Gasteiger partial charge on any atom is -0.336 e. The number of hydrogen-bond acceptors (Lipinski definition) is 4. The molecule has 7 heteroatoms. The van der Waals surface area contributed by atoms with Gasteiger partial charge in [0.25, 0.3) is 5.91 Å². The molecule has 31 heavy (non-hydrogen) atoms. The second kappa shape index (κ2) is 9.16. The van der Waals surface area contributed by atoms with E-state index >= 15 is 0 Å². The molecule has 4 nitrogen and oxygen atoms in total. The van der Waals surface area contributed by atoms with E-state index in [1.807, 2.05) is 13.0 Å². The maximum Gasteiger partial charge on any atom is 0.254 e. The highest BCUT2D eigenvalue weighted by atomic mass is 32.2. The molecular formula is C24H22F2N2O2S. The second-order valence-electron chi connectivity index (χ2n) is 7.54. The third-order valence-electron chi connectivity index (χ3n) is 5.56. The van der Waals surface area contributed by atoms with Crippen LogP contribution in [0.15, 0.2) is 53.4 Å². The van der Waals surface area contributed by atoms with E-state index < -0.39 is 5.82 Å². The summed E-state index contributed by atoms with van der Waals surface area (Å²) in [6.07, 6.45) is 1.03. The Morgan fingerprint density at radius 3 is 2.35 bits per heavy atom. The Kier molecular flexibility index (Phi) is 6.34. The quantitative estimate of drug-likeness (QED) is 0.428. The molecule has 4 rings (SSSR count). The Balaban J connectivity index is 1.55. The van der Waals surface area contributed by atoms with Gasteiger partial charge in [0, 0.05) is 37.5 Å². The molecule has 1 fully saturated rings. The Hall–Kier alpha value is -2.77. The molecule has 0 spiro atoms. The smallest absolute Gasteiger partial charge is 0.254 e. The molecule has 160 valence electrons. The lowest BCUT2D eigenvalue weighted by Crippen LogP contribution is -2.46. The molecule has 1 heterocycles. The van der Waals surface area contributed by atoms with Crippen molar-refractivity contribution in [3.05, 3.63) is 76.9 Å². The first-order valence-electron chi connectivity index (χ1n) is 10.1. The van der Waals surface area contributed by atoms with E-state index in [1.165, 1.54) is 36.2 Å². The maximum atomic E-state index is 14.0.